The molecule has 150 valence electrons. The van der Waals surface area contributed by atoms with E-state index in [1.807, 2.05) is 40.9 Å². The van der Waals surface area contributed by atoms with Crippen molar-refractivity contribution in [2.24, 2.45) is 12.0 Å². The van der Waals surface area contributed by atoms with Gasteiger partial charge in [-0.1, -0.05) is 42.7 Å². The highest BCUT2D eigenvalue weighted by Crippen LogP contribution is 2.22. The number of likely N-dealkylation sites (N-methyl/N-ethyl adjacent to an activating group) is 1. The van der Waals surface area contributed by atoms with Crippen LogP contribution in [0, 0.1) is 0 Å². The third-order valence-electron chi connectivity index (χ3n) is 5.74. The molecule has 0 N–H and O–H groups in total. The molecule has 2 aliphatic rings. The van der Waals surface area contributed by atoms with E-state index in [0.29, 0.717) is 6.04 Å². The average Bonchev–Trinajstić information content (AvgIpc) is 3.09. The van der Waals surface area contributed by atoms with Gasteiger partial charge in [-0.15, -0.1) is 0 Å². The van der Waals surface area contributed by atoms with Crippen molar-refractivity contribution in [2.75, 3.05) is 33.2 Å². The molecule has 1 aliphatic heterocycles. The molecule has 6 nitrogen and oxygen atoms in total. The topological polar surface area (TPSA) is 53.7 Å². The van der Waals surface area contributed by atoms with E-state index >= 15 is 0 Å². The predicted octanol–water partition coefficient (Wildman–Crippen LogP) is 2.77. The molecule has 0 unspecified atom stereocenters. The Morgan fingerprint density at radius 3 is 2.39 bits per heavy atom. The Labute approximate surface area is 170 Å². The number of rotatable bonds is 3. The quantitative estimate of drug-likeness (QED) is 0.797. The minimum atomic E-state index is 0.123. The Kier molecular flexibility index (Phi) is 5.92. The summed E-state index contributed by atoms with van der Waals surface area (Å²) in [6, 6.07) is 8.31. The Morgan fingerprint density at radius 1 is 1.04 bits per heavy atom. The summed E-state index contributed by atoms with van der Waals surface area (Å²) in [5, 5.41) is 5.61. The molecule has 0 atom stereocenters. The van der Waals surface area contributed by atoms with Crippen LogP contribution in [0.4, 0.5) is 0 Å². The zero-order valence-corrected chi connectivity index (χ0v) is 17.6. The van der Waals surface area contributed by atoms with Crippen LogP contribution in [-0.4, -0.2) is 64.8 Å². The van der Waals surface area contributed by atoms with Crippen molar-refractivity contribution >= 4 is 17.2 Å². The second-order valence-electron chi connectivity index (χ2n) is 7.91. The van der Waals surface area contributed by atoms with Crippen molar-refractivity contribution in [1.82, 2.24) is 19.6 Å². The molecule has 1 saturated heterocycles. The van der Waals surface area contributed by atoms with E-state index in [1.54, 1.807) is 11.3 Å². The summed E-state index contributed by atoms with van der Waals surface area (Å²) in [5.41, 5.74) is 1.79. The molecule has 28 heavy (non-hydrogen) atoms. The first-order valence-corrected chi connectivity index (χ1v) is 11.1. The Bertz CT molecular complexity index is 871. The summed E-state index contributed by atoms with van der Waals surface area (Å²) in [6.45, 7) is 3.47. The van der Waals surface area contributed by atoms with E-state index in [-0.39, 0.29) is 5.91 Å². The standard InChI is InChI=1S/C21H29N5OS/c1-24-12-14-26(15-13-24)20(27)17-10-8-16(9-11-17)19-23-25(2)21(28-19)22-18-6-4-3-5-7-18/h8-11,18H,3-7,12-15H2,1-2H3/b22-21+. The number of amides is 1. The molecule has 2 aromatic rings. The second kappa shape index (κ2) is 8.57. The van der Waals surface area contributed by atoms with Crippen molar-refractivity contribution in [3.8, 4) is 10.6 Å². The molecular formula is C21H29N5OS. The lowest BCUT2D eigenvalue weighted by Gasteiger charge is -2.32. The monoisotopic (exact) mass is 399 g/mol. The fraction of sp³-hybridized carbons (Fsp3) is 0.571. The van der Waals surface area contributed by atoms with Crippen LogP contribution in [-0.2, 0) is 7.05 Å². The van der Waals surface area contributed by atoms with Crippen LogP contribution in [0.3, 0.4) is 0 Å². The smallest absolute Gasteiger partial charge is 0.253 e. The first-order chi connectivity index (χ1) is 13.6. The third-order valence-corrected chi connectivity index (χ3v) is 6.81. The van der Waals surface area contributed by atoms with Gasteiger partial charge in [0.05, 0.1) is 6.04 Å². The Balaban J connectivity index is 1.49. The first kappa shape index (κ1) is 19.3. The molecule has 1 amide bonds. The molecule has 1 aliphatic carbocycles. The van der Waals surface area contributed by atoms with Gasteiger partial charge in [-0.25, -0.2) is 4.68 Å². The van der Waals surface area contributed by atoms with Crippen LogP contribution < -0.4 is 4.80 Å². The summed E-state index contributed by atoms with van der Waals surface area (Å²) in [6.07, 6.45) is 6.29. The van der Waals surface area contributed by atoms with Crippen molar-refractivity contribution in [1.29, 1.82) is 0 Å². The molecule has 0 bridgehead atoms. The largest absolute Gasteiger partial charge is 0.336 e. The second-order valence-corrected chi connectivity index (χ2v) is 8.86. The summed E-state index contributed by atoms with van der Waals surface area (Å²) < 4.78 is 1.89. The summed E-state index contributed by atoms with van der Waals surface area (Å²) >= 11 is 1.63. The van der Waals surface area contributed by atoms with E-state index in [9.17, 15) is 4.79 Å². The van der Waals surface area contributed by atoms with Gasteiger partial charge in [-0.2, -0.15) is 5.10 Å². The van der Waals surface area contributed by atoms with Crippen LogP contribution in [0.1, 0.15) is 42.5 Å². The van der Waals surface area contributed by atoms with Gasteiger partial charge in [-0.05, 0) is 32.0 Å². The van der Waals surface area contributed by atoms with Gasteiger partial charge in [0.25, 0.3) is 5.91 Å². The van der Waals surface area contributed by atoms with Gasteiger partial charge in [-0.3, -0.25) is 9.79 Å². The van der Waals surface area contributed by atoms with Crippen molar-refractivity contribution in [3.63, 3.8) is 0 Å². The van der Waals surface area contributed by atoms with Crippen molar-refractivity contribution in [3.05, 3.63) is 34.6 Å². The van der Waals surface area contributed by atoms with Gasteiger partial charge < -0.3 is 9.80 Å². The summed E-state index contributed by atoms with van der Waals surface area (Å²) in [4.78, 5) is 22.8. The highest BCUT2D eigenvalue weighted by molar-refractivity contribution is 7.12. The van der Waals surface area contributed by atoms with Crippen LogP contribution >= 0.6 is 11.3 Å². The number of benzene rings is 1. The number of hydrogen-bond acceptors (Lipinski definition) is 5. The molecule has 0 spiro atoms. The Hall–Kier alpha value is -1.99. The van der Waals surface area contributed by atoms with Crippen molar-refractivity contribution in [2.45, 2.75) is 38.1 Å². The number of aryl methyl sites for hydroxylation is 1. The van der Waals surface area contributed by atoms with Gasteiger partial charge in [0.15, 0.2) is 0 Å². The van der Waals surface area contributed by atoms with E-state index in [4.69, 9.17) is 4.99 Å². The van der Waals surface area contributed by atoms with Gasteiger partial charge in [0, 0.05) is 44.4 Å². The molecule has 7 heteroatoms. The van der Waals surface area contributed by atoms with Crippen LogP contribution in [0.15, 0.2) is 29.3 Å². The molecule has 1 saturated carbocycles. The molecule has 2 heterocycles. The van der Waals surface area contributed by atoms with E-state index in [0.717, 1.165) is 47.1 Å². The number of carbonyl (C=O) groups is 1. The van der Waals surface area contributed by atoms with Gasteiger partial charge >= 0.3 is 0 Å². The highest BCUT2D eigenvalue weighted by atomic mass is 32.1. The first-order valence-electron chi connectivity index (χ1n) is 10.3. The van der Waals surface area contributed by atoms with Crippen LogP contribution in [0.5, 0.6) is 0 Å². The average molecular weight is 400 g/mol. The van der Waals surface area contributed by atoms with Gasteiger partial charge in [0.1, 0.15) is 5.01 Å². The maximum Gasteiger partial charge on any atom is 0.253 e. The predicted molar refractivity (Wildman–Crippen MR) is 112 cm³/mol. The normalized spacial score (nSPS) is 19.9. The van der Waals surface area contributed by atoms with Crippen LogP contribution in [0.2, 0.25) is 0 Å². The van der Waals surface area contributed by atoms with E-state index < -0.39 is 0 Å². The minimum Gasteiger partial charge on any atom is -0.336 e. The van der Waals surface area contributed by atoms with Gasteiger partial charge in [0.2, 0.25) is 4.80 Å². The lowest BCUT2D eigenvalue weighted by atomic mass is 9.96. The van der Waals surface area contributed by atoms with Crippen molar-refractivity contribution < 1.29 is 4.79 Å². The lowest BCUT2D eigenvalue weighted by Crippen LogP contribution is -2.47. The molecule has 0 radical (unpaired) electrons. The maximum atomic E-state index is 12.7. The highest BCUT2D eigenvalue weighted by Gasteiger charge is 2.20. The van der Waals surface area contributed by atoms with E-state index in [2.05, 4.69) is 17.0 Å². The summed E-state index contributed by atoms with van der Waals surface area (Å²) in [5.74, 6) is 0.123. The zero-order valence-electron chi connectivity index (χ0n) is 16.8. The fourth-order valence-corrected chi connectivity index (χ4v) is 4.86. The molecule has 1 aromatic heterocycles. The van der Waals surface area contributed by atoms with E-state index in [1.165, 1.54) is 32.1 Å². The number of aromatic nitrogens is 2. The molecule has 2 fully saturated rings. The molecule has 1 aromatic carbocycles. The fourth-order valence-electron chi connectivity index (χ4n) is 3.89. The SMILES string of the molecule is CN1CCN(C(=O)c2ccc(-c3nn(C)/c(=N\C4CCCCC4)s3)cc2)CC1. The zero-order chi connectivity index (χ0) is 19.5. The number of hydrogen-bond donors (Lipinski definition) is 0. The molecule has 4 rings (SSSR count). The number of nitrogens with zero attached hydrogens (tertiary/aromatic N) is 5. The molecular weight excluding hydrogens is 370 g/mol. The maximum absolute atomic E-state index is 12.7. The lowest BCUT2D eigenvalue weighted by molar-refractivity contribution is 0.0664. The third kappa shape index (κ3) is 4.36. The summed E-state index contributed by atoms with van der Waals surface area (Å²) in [7, 11) is 4.06. The minimum absolute atomic E-state index is 0.123. The Morgan fingerprint density at radius 2 is 1.71 bits per heavy atom. The van der Waals surface area contributed by atoms with Crippen LogP contribution in [0.25, 0.3) is 10.6 Å². The number of carbonyl (C=O) groups excluding carboxylic acids is 1. The number of piperazine rings is 1.